The Labute approximate surface area is 98.5 Å². The summed E-state index contributed by atoms with van der Waals surface area (Å²) in [5.74, 6) is -0.200. The maximum absolute atomic E-state index is 11.5. The van der Waals surface area contributed by atoms with Gasteiger partial charge in [0.25, 0.3) is 0 Å². The summed E-state index contributed by atoms with van der Waals surface area (Å²) < 4.78 is 16.1. The summed E-state index contributed by atoms with van der Waals surface area (Å²) >= 11 is 0. The molecule has 4 heteroatoms. The number of rotatable bonds is 0. The van der Waals surface area contributed by atoms with Gasteiger partial charge in [0.15, 0.2) is 0 Å². The van der Waals surface area contributed by atoms with Gasteiger partial charge >= 0.3 is 5.97 Å². The third-order valence-corrected chi connectivity index (χ3v) is 3.83. The van der Waals surface area contributed by atoms with Gasteiger partial charge < -0.3 is 14.2 Å². The van der Waals surface area contributed by atoms with Crippen LogP contribution >= 0.6 is 0 Å². The molecule has 0 N–H and O–H groups in total. The Morgan fingerprint density at radius 2 is 1.71 bits per heavy atom. The molecule has 1 saturated heterocycles. The summed E-state index contributed by atoms with van der Waals surface area (Å²) in [7, 11) is 0. The predicted octanol–water partition coefficient (Wildman–Crippen LogP) is 1.20. The lowest BCUT2D eigenvalue weighted by Crippen LogP contribution is -2.32. The molecule has 0 amide bonds. The topological polar surface area (TPSA) is 44.8 Å². The van der Waals surface area contributed by atoms with Gasteiger partial charge in [0.2, 0.25) is 0 Å². The quantitative estimate of drug-likeness (QED) is 0.630. The highest BCUT2D eigenvalue weighted by Crippen LogP contribution is 2.32. The largest absolute Gasteiger partial charge is 0.457 e. The molecule has 1 aliphatic carbocycles. The summed E-state index contributed by atoms with van der Waals surface area (Å²) in [4.78, 5) is 11.5. The highest BCUT2D eigenvalue weighted by molar-refractivity contribution is 5.93. The second-order valence-corrected chi connectivity index (χ2v) is 4.79. The van der Waals surface area contributed by atoms with Gasteiger partial charge in [-0.3, -0.25) is 0 Å². The van der Waals surface area contributed by atoms with E-state index < -0.39 is 0 Å². The number of fused-ring (bicyclic) bond motifs is 3. The zero-order valence-corrected chi connectivity index (χ0v) is 9.27. The highest BCUT2D eigenvalue weighted by atomic mass is 16.7. The Morgan fingerprint density at radius 1 is 1.00 bits per heavy atom. The van der Waals surface area contributed by atoms with Crippen LogP contribution in [0.1, 0.15) is 27.0 Å². The minimum atomic E-state index is -0.200. The summed E-state index contributed by atoms with van der Waals surface area (Å²) in [6.07, 6.45) is 2.04. The van der Waals surface area contributed by atoms with Crippen LogP contribution in [0.3, 0.4) is 0 Å². The standard InChI is InChI=1S/C13H12O4/c14-13-10-2-8-4-12-11(16-6-17-12)3-7(8)1-9(10)5-15-13/h1-2,11-12H,3-6H2. The van der Waals surface area contributed by atoms with Crippen LogP contribution in [-0.2, 0) is 33.7 Å². The highest BCUT2D eigenvalue weighted by Gasteiger charge is 2.36. The number of cyclic esters (lactones) is 1. The van der Waals surface area contributed by atoms with Gasteiger partial charge in [0.1, 0.15) is 13.4 Å². The van der Waals surface area contributed by atoms with Gasteiger partial charge in [-0.05, 0) is 17.2 Å². The first-order chi connectivity index (χ1) is 8.31. The first-order valence-electron chi connectivity index (χ1n) is 5.86. The first-order valence-corrected chi connectivity index (χ1v) is 5.86. The molecule has 0 radical (unpaired) electrons. The van der Waals surface area contributed by atoms with Crippen molar-refractivity contribution in [3.05, 3.63) is 34.4 Å². The second-order valence-electron chi connectivity index (χ2n) is 4.79. The molecule has 2 aliphatic heterocycles. The molecule has 0 aromatic heterocycles. The van der Waals surface area contributed by atoms with E-state index in [-0.39, 0.29) is 18.2 Å². The van der Waals surface area contributed by atoms with Gasteiger partial charge in [-0.1, -0.05) is 6.07 Å². The van der Waals surface area contributed by atoms with E-state index in [1.54, 1.807) is 0 Å². The molecule has 1 fully saturated rings. The lowest BCUT2D eigenvalue weighted by Gasteiger charge is -2.25. The summed E-state index contributed by atoms with van der Waals surface area (Å²) in [6.45, 7) is 0.804. The van der Waals surface area contributed by atoms with Crippen molar-refractivity contribution < 1.29 is 19.0 Å². The fourth-order valence-corrected chi connectivity index (χ4v) is 2.89. The van der Waals surface area contributed by atoms with Gasteiger partial charge in [-0.15, -0.1) is 0 Å². The van der Waals surface area contributed by atoms with E-state index in [9.17, 15) is 4.79 Å². The van der Waals surface area contributed by atoms with Gasteiger partial charge in [-0.2, -0.15) is 0 Å². The van der Waals surface area contributed by atoms with Crippen molar-refractivity contribution in [2.45, 2.75) is 31.7 Å². The number of esters is 1. The van der Waals surface area contributed by atoms with Crippen LogP contribution in [0, 0.1) is 0 Å². The van der Waals surface area contributed by atoms with Crippen molar-refractivity contribution in [1.29, 1.82) is 0 Å². The zero-order chi connectivity index (χ0) is 11.4. The molecule has 3 aliphatic rings. The van der Waals surface area contributed by atoms with Crippen LogP contribution in [-0.4, -0.2) is 25.0 Å². The molecule has 0 saturated carbocycles. The molecule has 4 nitrogen and oxygen atoms in total. The van der Waals surface area contributed by atoms with Gasteiger partial charge in [-0.25, -0.2) is 4.79 Å². The number of carbonyl (C=O) groups is 1. The number of hydrogen-bond donors (Lipinski definition) is 0. The molecule has 1 aromatic rings. The zero-order valence-electron chi connectivity index (χ0n) is 9.27. The van der Waals surface area contributed by atoms with E-state index in [0.29, 0.717) is 13.4 Å². The van der Waals surface area contributed by atoms with Gasteiger partial charge in [0, 0.05) is 18.4 Å². The van der Waals surface area contributed by atoms with E-state index in [2.05, 4.69) is 6.07 Å². The van der Waals surface area contributed by atoms with Crippen molar-refractivity contribution in [1.82, 2.24) is 0 Å². The average molecular weight is 232 g/mol. The molecule has 0 bridgehead atoms. The molecule has 2 unspecified atom stereocenters. The SMILES string of the molecule is O=C1OCc2cc3c(cc21)CC1OCOC1C3. The van der Waals surface area contributed by atoms with Crippen LogP contribution < -0.4 is 0 Å². The fraction of sp³-hybridized carbons (Fsp3) is 0.462. The number of carbonyl (C=O) groups excluding carboxylic acids is 1. The minimum Gasteiger partial charge on any atom is -0.457 e. The van der Waals surface area contributed by atoms with Crippen LogP contribution in [0.2, 0.25) is 0 Å². The summed E-state index contributed by atoms with van der Waals surface area (Å²) in [5, 5.41) is 0. The van der Waals surface area contributed by atoms with E-state index in [1.807, 2.05) is 6.07 Å². The van der Waals surface area contributed by atoms with Crippen molar-refractivity contribution in [2.75, 3.05) is 6.79 Å². The second kappa shape index (κ2) is 3.31. The average Bonchev–Trinajstić information content (AvgIpc) is 2.91. The molecular weight excluding hydrogens is 220 g/mol. The minimum absolute atomic E-state index is 0.151. The van der Waals surface area contributed by atoms with Crippen LogP contribution in [0.25, 0.3) is 0 Å². The summed E-state index contributed by atoms with van der Waals surface area (Å²) in [5.41, 5.74) is 4.20. The summed E-state index contributed by atoms with van der Waals surface area (Å²) in [6, 6.07) is 4.06. The van der Waals surface area contributed by atoms with E-state index in [0.717, 1.165) is 24.0 Å². The molecule has 17 heavy (non-hydrogen) atoms. The molecule has 1 aromatic carbocycles. The molecule has 2 heterocycles. The first kappa shape index (κ1) is 9.62. The van der Waals surface area contributed by atoms with Crippen molar-refractivity contribution in [3.8, 4) is 0 Å². The van der Waals surface area contributed by atoms with Crippen molar-refractivity contribution >= 4 is 5.97 Å². The Bertz CT molecular complexity index is 508. The Hall–Kier alpha value is -1.39. The normalized spacial score (nSPS) is 29.5. The Balaban J connectivity index is 1.79. The van der Waals surface area contributed by atoms with E-state index >= 15 is 0 Å². The van der Waals surface area contributed by atoms with Crippen molar-refractivity contribution in [2.24, 2.45) is 0 Å². The molecule has 2 atom stereocenters. The van der Waals surface area contributed by atoms with Gasteiger partial charge in [0.05, 0.1) is 17.8 Å². The molecular formula is C13H12O4. The Morgan fingerprint density at radius 3 is 2.47 bits per heavy atom. The van der Waals surface area contributed by atoms with Crippen LogP contribution in [0.15, 0.2) is 12.1 Å². The van der Waals surface area contributed by atoms with E-state index in [4.69, 9.17) is 14.2 Å². The molecule has 4 rings (SSSR count). The smallest absolute Gasteiger partial charge is 0.338 e. The Kier molecular flexibility index (Phi) is 1.87. The third-order valence-electron chi connectivity index (χ3n) is 3.83. The number of hydrogen-bond acceptors (Lipinski definition) is 4. The fourth-order valence-electron chi connectivity index (χ4n) is 2.89. The number of benzene rings is 1. The van der Waals surface area contributed by atoms with E-state index in [1.165, 1.54) is 11.1 Å². The van der Waals surface area contributed by atoms with Crippen LogP contribution in [0.4, 0.5) is 0 Å². The lowest BCUT2D eigenvalue weighted by molar-refractivity contribution is 0.0399. The monoisotopic (exact) mass is 232 g/mol. The van der Waals surface area contributed by atoms with Crippen LogP contribution in [0.5, 0.6) is 0 Å². The third kappa shape index (κ3) is 1.34. The molecule has 0 spiro atoms. The predicted molar refractivity (Wildman–Crippen MR) is 57.6 cm³/mol. The maximum atomic E-state index is 11.5. The van der Waals surface area contributed by atoms with Crippen molar-refractivity contribution in [3.63, 3.8) is 0 Å². The molecule has 88 valence electrons. The number of ether oxygens (including phenoxy) is 3. The maximum Gasteiger partial charge on any atom is 0.338 e. The lowest BCUT2D eigenvalue weighted by atomic mass is 9.85.